The molecule has 19 heavy (non-hydrogen) atoms. The number of hydrogen-bond acceptors (Lipinski definition) is 2. The lowest BCUT2D eigenvalue weighted by molar-refractivity contribution is 0.500. The summed E-state index contributed by atoms with van der Waals surface area (Å²) in [5, 5.41) is 0.594. The second-order valence-corrected chi connectivity index (χ2v) is 4.61. The molecule has 0 heterocycles. The highest BCUT2D eigenvalue weighted by atomic mass is 35.5. The predicted molar refractivity (Wildman–Crippen MR) is 71.6 cm³/mol. The van der Waals surface area contributed by atoms with Crippen LogP contribution in [-0.4, -0.2) is 0 Å². The molecule has 3 N–H and O–H groups in total. The van der Waals surface area contributed by atoms with Gasteiger partial charge in [-0.25, -0.2) is 8.78 Å². The van der Waals surface area contributed by atoms with Crippen molar-refractivity contribution < 1.29 is 8.78 Å². The second-order valence-electron chi connectivity index (χ2n) is 4.18. The lowest BCUT2D eigenvalue weighted by Gasteiger charge is -2.17. The highest BCUT2D eigenvalue weighted by Crippen LogP contribution is 2.23. The van der Waals surface area contributed by atoms with Crippen molar-refractivity contribution in [3.05, 3.63) is 70.2 Å². The van der Waals surface area contributed by atoms with Crippen LogP contribution < -0.4 is 11.3 Å². The standard InChI is InChI=1S/C14H13ClF2N2/c15-10-6-4-9(5-7-10)14(19-18)8-11-12(16)2-1-3-13(11)17/h1-7,14,19H,8,18H2. The van der Waals surface area contributed by atoms with Crippen LogP contribution in [-0.2, 0) is 6.42 Å². The third-order valence-corrected chi connectivity index (χ3v) is 3.20. The van der Waals surface area contributed by atoms with E-state index in [1.165, 1.54) is 18.2 Å². The van der Waals surface area contributed by atoms with Gasteiger partial charge in [0.15, 0.2) is 0 Å². The van der Waals surface area contributed by atoms with Gasteiger partial charge >= 0.3 is 0 Å². The molecule has 0 aliphatic rings. The van der Waals surface area contributed by atoms with Gasteiger partial charge in [-0.3, -0.25) is 11.3 Å². The second kappa shape index (κ2) is 6.10. The minimum Gasteiger partial charge on any atom is -0.271 e. The molecule has 0 radical (unpaired) electrons. The zero-order chi connectivity index (χ0) is 13.8. The van der Waals surface area contributed by atoms with E-state index >= 15 is 0 Å². The average molecular weight is 283 g/mol. The molecular formula is C14H13ClF2N2. The molecule has 2 aromatic carbocycles. The van der Waals surface area contributed by atoms with Gasteiger partial charge in [0, 0.05) is 10.6 Å². The smallest absolute Gasteiger partial charge is 0.129 e. The van der Waals surface area contributed by atoms with E-state index in [1.54, 1.807) is 24.3 Å². The molecule has 1 unspecified atom stereocenters. The maximum absolute atomic E-state index is 13.6. The SMILES string of the molecule is NNC(Cc1c(F)cccc1F)c1ccc(Cl)cc1. The van der Waals surface area contributed by atoms with E-state index in [4.69, 9.17) is 17.4 Å². The molecule has 0 saturated carbocycles. The van der Waals surface area contributed by atoms with Gasteiger partial charge in [0.25, 0.3) is 0 Å². The van der Waals surface area contributed by atoms with Gasteiger partial charge in [-0.1, -0.05) is 29.8 Å². The monoisotopic (exact) mass is 282 g/mol. The predicted octanol–water partition coefficient (Wildman–Crippen LogP) is 3.37. The number of halogens is 3. The summed E-state index contributed by atoms with van der Waals surface area (Å²) >= 11 is 5.80. The van der Waals surface area contributed by atoms with E-state index in [2.05, 4.69) is 5.43 Å². The number of rotatable bonds is 4. The number of nitrogens with one attached hydrogen (secondary N) is 1. The van der Waals surface area contributed by atoms with Gasteiger partial charge in [-0.15, -0.1) is 0 Å². The Hall–Kier alpha value is -1.49. The summed E-state index contributed by atoms with van der Waals surface area (Å²) in [6.45, 7) is 0. The van der Waals surface area contributed by atoms with Crippen LogP contribution in [0.1, 0.15) is 17.2 Å². The first kappa shape index (κ1) is 13.9. The van der Waals surface area contributed by atoms with E-state index in [-0.39, 0.29) is 18.0 Å². The molecular weight excluding hydrogens is 270 g/mol. The average Bonchev–Trinajstić information content (AvgIpc) is 2.40. The molecule has 0 aliphatic carbocycles. The van der Waals surface area contributed by atoms with Gasteiger partial charge in [0.2, 0.25) is 0 Å². The fourth-order valence-corrected chi connectivity index (χ4v) is 2.03. The first-order valence-corrected chi connectivity index (χ1v) is 6.14. The third kappa shape index (κ3) is 3.29. The molecule has 2 nitrogen and oxygen atoms in total. The van der Waals surface area contributed by atoms with Crippen LogP contribution in [0, 0.1) is 11.6 Å². The van der Waals surface area contributed by atoms with Crippen LogP contribution in [0.5, 0.6) is 0 Å². The fraction of sp³-hybridized carbons (Fsp3) is 0.143. The maximum Gasteiger partial charge on any atom is 0.129 e. The molecule has 2 aromatic rings. The van der Waals surface area contributed by atoms with Crippen LogP contribution in [0.3, 0.4) is 0 Å². The summed E-state index contributed by atoms with van der Waals surface area (Å²) in [5.41, 5.74) is 3.39. The van der Waals surface area contributed by atoms with Crippen molar-refractivity contribution in [1.82, 2.24) is 5.43 Å². The van der Waals surface area contributed by atoms with Crippen molar-refractivity contribution in [2.75, 3.05) is 0 Å². The van der Waals surface area contributed by atoms with Crippen molar-refractivity contribution in [3.8, 4) is 0 Å². The molecule has 0 spiro atoms. The van der Waals surface area contributed by atoms with E-state index in [9.17, 15) is 8.78 Å². The van der Waals surface area contributed by atoms with Gasteiger partial charge in [0.05, 0.1) is 6.04 Å². The minimum absolute atomic E-state index is 0.0143. The fourth-order valence-electron chi connectivity index (χ4n) is 1.90. The molecule has 0 bridgehead atoms. The lowest BCUT2D eigenvalue weighted by Crippen LogP contribution is -2.30. The van der Waals surface area contributed by atoms with Crippen LogP contribution in [0.4, 0.5) is 8.78 Å². The van der Waals surface area contributed by atoms with Crippen molar-refractivity contribution in [1.29, 1.82) is 0 Å². The largest absolute Gasteiger partial charge is 0.271 e. The Labute approximate surface area is 115 Å². The van der Waals surface area contributed by atoms with Gasteiger partial charge < -0.3 is 0 Å². The van der Waals surface area contributed by atoms with E-state index in [1.807, 2.05) is 0 Å². The van der Waals surface area contributed by atoms with Crippen molar-refractivity contribution >= 4 is 11.6 Å². The summed E-state index contributed by atoms with van der Waals surface area (Å²) in [6.07, 6.45) is 0.122. The first-order chi connectivity index (χ1) is 9.11. The Morgan fingerprint density at radius 1 is 1.05 bits per heavy atom. The van der Waals surface area contributed by atoms with Crippen molar-refractivity contribution in [2.45, 2.75) is 12.5 Å². The quantitative estimate of drug-likeness (QED) is 0.666. The molecule has 2 rings (SSSR count). The van der Waals surface area contributed by atoms with Crippen LogP contribution >= 0.6 is 11.6 Å². The summed E-state index contributed by atoms with van der Waals surface area (Å²) < 4.78 is 27.2. The molecule has 0 saturated heterocycles. The minimum atomic E-state index is -0.575. The Morgan fingerprint density at radius 3 is 2.16 bits per heavy atom. The number of benzene rings is 2. The summed E-state index contributed by atoms with van der Waals surface area (Å²) in [7, 11) is 0. The van der Waals surface area contributed by atoms with Crippen molar-refractivity contribution in [2.24, 2.45) is 5.84 Å². The van der Waals surface area contributed by atoms with Gasteiger partial charge in [0.1, 0.15) is 11.6 Å². The molecule has 5 heteroatoms. The zero-order valence-corrected chi connectivity index (χ0v) is 10.8. The van der Waals surface area contributed by atoms with Crippen LogP contribution in [0.2, 0.25) is 5.02 Å². The van der Waals surface area contributed by atoms with E-state index < -0.39 is 11.6 Å². The molecule has 0 aliphatic heterocycles. The topological polar surface area (TPSA) is 38.0 Å². The summed E-state index contributed by atoms with van der Waals surface area (Å²) in [4.78, 5) is 0. The van der Waals surface area contributed by atoms with Crippen LogP contribution in [0.25, 0.3) is 0 Å². The summed E-state index contributed by atoms with van der Waals surface area (Å²) in [5.74, 6) is 4.31. The molecule has 100 valence electrons. The highest BCUT2D eigenvalue weighted by Gasteiger charge is 2.16. The Balaban J connectivity index is 2.26. The molecule has 0 fully saturated rings. The first-order valence-electron chi connectivity index (χ1n) is 5.76. The Kier molecular flexibility index (Phi) is 4.47. The van der Waals surface area contributed by atoms with Crippen LogP contribution in [0.15, 0.2) is 42.5 Å². The number of hydrazine groups is 1. The highest BCUT2D eigenvalue weighted by molar-refractivity contribution is 6.30. The van der Waals surface area contributed by atoms with E-state index in [0.29, 0.717) is 5.02 Å². The zero-order valence-electron chi connectivity index (χ0n) is 10.0. The Morgan fingerprint density at radius 2 is 1.63 bits per heavy atom. The lowest BCUT2D eigenvalue weighted by atomic mass is 9.99. The number of nitrogens with two attached hydrogens (primary N) is 1. The molecule has 0 amide bonds. The Bertz CT molecular complexity index is 538. The normalized spacial score (nSPS) is 12.4. The van der Waals surface area contributed by atoms with Gasteiger partial charge in [-0.2, -0.15) is 0 Å². The third-order valence-electron chi connectivity index (χ3n) is 2.94. The maximum atomic E-state index is 13.6. The summed E-state index contributed by atoms with van der Waals surface area (Å²) in [6, 6.07) is 10.4. The molecule has 0 aromatic heterocycles. The number of hydrogen-bond donors (Lipinski definition) is 2. The van der Waals surface area contributed by atoms with E-state index in [0.717, 1.165) is 5.56 Å². The molecule has 1 atom stereocenters. The van der Waals surface area contributed by atoms with Crippen molar-refractivity contribution in [3.63, 3.8) is 0 Å². The van der Waals surface area contributed by atoms with Gasteiger partial charge in [-0.05, 0) is 36.2 Å².